The molecule has 0 N–H and O–H groups in total. The first kappa shape index (κ1) is 15.0. The maximum absolute atomic E-state index is 12.2. The Hall–Kier alpha value is -1.04. The topological polar surface area (TPSA) is 51.0 Å². The molecule has 102 valence electrons. The Labute approximate surface area is 113 Å². The van der Waals surface area contributed by atoms with E-state index in [1.54, 1.807) is 11.8 Å². The van der Waals surface area contributed by atoms with Gasteiger partial charge in [0.25, 0.3) is 0 Å². The van der Waals surface area contributed by atoms with Gasteiger partial charge >= 0.3 is 6.03 Å². The number of rotatable bonds is 7. The van der Waals surface area contributed by atoms with Crippen LogP contribution in [0.2, 0.25) is 0 Å². The Bertz CT molecular complexity index is 367. The predicted octanol–water partition coefficient (Wildman–Crippen LogP) is 2.87. The summed E-state index contributed by atoms with van der Waals surface area (Å²) in [5.74, 6) is 0.909. The molecular formula is C12H22N4OS. The third-order valence-corrected chi connectivity index (χ3v) is 3.36. The summed E-state index contributed by atoms with van der Waals surface area (Å²) in [5.41, 5.74) is 0. The summed E-state index contributed by atoms with van der Waals surface area (Å²) in [5, 5.41) is 4.84. The molecule has 0 fully saturated rings. The summed E-state index contributed by atoms with van der Waals surface area (Å²) in [6, 6.07) is -0.0796. The molecule has 18 heavy (non-hydrogen) atoms. The minimum Gasteiger partial charge on any atom is -0.323 e. The molecule has 1 aromatic heterocycles. The van der Waals surface area contributed by atoms with Crippen LogP contribution in [0, 0.1) is 0 Å². The van der Waals surface area contributed by atoms with Gasteiger partial charge in [0.2, 0.25) is 5.16 Å². The molecule has 0 aliphatic carbocycles. The lowest BCUT2D eigenvalue weighted by atomic mass is 10.2. The van der Waals surface area contributed by atoms with Gasteiger partial charge in [-0.3, -0.25) is 0 Å². The predicted molar refractivity (Wildman–Crippen MR) is 74.0 cm³/mol. The van der Waals surface area contributed by atoms with Crippen LogP contribution in [0.15, 0.2) is 11.5 Å². The number of aromatic nitrogens is 3. The highest BCUT2D eigenvalue weighted by atomic mass is 32.2. The zero-order valence-electron chi connectivity index (χ0n) is 11.4. The van der Waals surface area contributed by atoms with Crippen molar-refractivity contribution in [2.24, 2.45) is 0 Å². The summed E-state index contributed by atoms with van der Waals surface area (Å²) in [6.45, 7) is 7.68. The highest BCUT2D eigenvalue weighted by Gasteiger charge is 2.15. The zero-order valence-corrected chi connectivity index (χ0v) is 12.2. The van der Waals surface area contributed by atoms with E-state index in [-0.39, 0.29) is 6.03 Å². The fourth-order valence-electron chi connectivity index (χ4n) is 1.62. The molecule has 0 bridgehead atoms. The maximum Gasteiger partial charge on any atom is 0.346 e. The first-order valence-electron chi connectivity index (χ1n) is 6.56. The number of unbranched alkanes of at least 4 members (excludes halogenated alkanes) is 2. The van der Waals surface area contributed by atoms with Crippen molar-refractivity contribution < 1.29 is 4.79 Å². The summed E-state index contributed by atoms with van der Waals surface area (Å²) >= 11 is 1.54. The van der Waals surface area contributed by atoms with Gasteiger partial charge in [0.05, 0.1) is 0 Å². The number of hydrogen-bond acceptors (Lipinski definition) is 4. The van der Waals surface area contributed by atoms with Crippen LogP contribution in [0.25, 0.3) is 0 Å². The van der Waals surface area contributed by atoms with Gasteiger partial charge in [-0.25, -0.2) is 9.78 Å². The average molecular weight is 270 g/mol. The van der Waals surface area contributed by atoms with Crippen LogP contribution in [-0.2, 0) is 0 Å². The summed E-state index contributed by atoms with van der Waals surface area (Å²) < 4.78 is 1.34. The second kappa shape index (κ2) is 8.13. The van der Waals surface area contributed by atoms with Gasteiger partial charge in [-0.05, 0) is 19.1 Å². The van der Waals surface area contributed by atoms with Crippen LogP contribution >= 0.6 is 11.8 Å². The van der Waals surface area contributed by atoms with E-state index in [1.165, 1.54) is 11.0 Å². The molecule has 0 saturated heterocycles. The molecule has 0 unspecified atom stereocenters. The Kier molecular flexibility index (Phi) is 6.78. The first-order chi connectivity index (χ1) is 8.72. The highest BCUT2D eigenvalue weighted by molar-refractivity contribution is 7.99. The third kappa shape index (κ3) is 4.33. The Morgan fingerprint density at radius 3 is 2.78 bits per heavy atom. The average Bonchev–Trinajstić information content (AvgIpc) is 2.83. The van der Waals surface area contributed by atoms with Gasteiger partial charge in [0, 0.05) is 13.1 Å². The van der Waals surface area contributed by atoms with Crippen LogP contribution < -0.4 is 0 Å². The van der Waals surface area contributed by atoms with Crippen molar-refractivity contribution in [1.29, 1.82) is 0 Å². The molecule has 1 aromatic rings. The zero-order chi connectivity index (χ0) is 13.4. The lowest BCUT2D eigenvalue weighted by molar-refractivity contribution is 0.197. The SMILES string of the molecule is CCCCCN(CC)C(=O)n1cnc(SCC)n1. The lowest BCUT2D eigenvalue weighted by Crippen LogP contribution is -2.35. The number of carbonyl (C=O) groups is 1. The van der Waals surface area contributed by atoms with Crippen molar-refractivity contribution in [2.45, 2.75) is 45.2 Å². The van der Waals surface area contributed by atoms with Gasteiger partial charge in [0.1, 0.15) is 6.33 Å². The fraction of sp³-hybridized carbons (Fsp3) is 0.750. The molecule has 6 heteroatoms. The van der Waals surface area contributed by atoms with Gasteiger partial charge in [-0.2, -0.15) is 4.68 Å². The molecule has 0 aromatic carbocycles. The first-order valence-corrected chi connectivity index (χ1v) is 7.55. The van der Waals surface area contributed by atoms with E-state index in [4.69, 9.17) is 0 Å². The van der Waals surface area contributed by atoms with Crippen molar-refractivity contribution in [3.63, 3.8) is 0 Å². The molecular weight excluding hydrogens is 248 g/mol. The van der Waals surface area contributed by atoms with E-state index < -0.39 is 0 Å². The molecule has 1 heterocycles. The van der Waals surface area contributed by atoms with Gasteiger partial charge in [0.15, 0.2) is 0 Å². The van der Waals surface area contributed by atoms with Crippen molar-refractivity contribution in [2.75, 3.05) is 18.8 Å². The van der Waals surface area contributed by atoms with Crippen LogP contribution in [0.5, 0.6) is 0 Å². The van der Waals surface area contributed by atoms with Crippen molar-refractivity contribution in [3.8, 4) is 0 Å². The quantitative estimate of drug-likeness (QED) is 0.564. The third-order valence-electron chi connectivity index (χ3n) is 2.62. The van der Waals surface area contributed by atoms with Gasteiger partial charge in [-0.1, -0.05) is 38.5 Å². The molecule has 0 atom stereocenters. The minimum absolute atomic E-state index is 0.0796. The lowest BCUT2D eigenvalue weighted by Gasteiger charge is -2.19. The fourth-order valence-corrected chi connectivity index (χ4v) is 2.15. The number of carbonyl (C=O) groups excluding carboxylic acids is 1. The highest BCUT2D eigenvalue weighted by Crippen LogP contribution is 2.10. The van der Waals surface area contributed by atoms with Crippen molar-refractivity contribution in [1.82, 2.24) is 19.7 Å². The van der Waals surface area contributed by atoms with Crippen molar-refractivity contribution in [3.05, 3.63) is 6.33 Å². The minimum atomic E-state index is -0.0796. The second-order valence-corrected chi connectivity index (χ2v) is 5.21. The van der Waals surface area contributed by atoms with E-state index in [1.807, 2.05) is 18.7 Å². The normalized spacial score (nSPS) is 10.6. The molecule has 1 amide bonds. The Balaban J connectivity index is 2.58. The number of hydrogen-bond donors (Lipinski definition) is 0. The molecule has 0 aliphatic heterocycles. The van der Waals surface area contributed by atoms with Gasteiger partial charge in [-0.15, -0.1) is 5.10 Å². The molecule has 0 spiro atoms. The summed E-state index contributed by atoms with van der Waals surface area (Å²) in [7, 11) is 0. The summed E-state index contributed by atoms with van der Waals surface area (Å²) in [4.78, 5) is 18.1. The van der Waals surface area contributed by atoms with Crippen molar-refractivity contribution >= 4 is 17.8 Å². The maximum atomic E-state index is 12.2. The Morgan fingerprint density at radius 2 is 2.17 bits per heavy atom. The molecule has 0 aliphatic rings. The molecule has 0 radical (unpaired) electrons. The smallest absolute Gasteiger partial charge is 0.323 e. The second-order valence-electron chi connectivity index (χ2n) is 3.97. The van der Waals surface area contributed by atoms with E-state index in [2.05, 4.69) is 17.0 Å². The molecule has 0 saturated carbocycles. The number of amides is 1. The Morgan fingerprint density at radius 1 is 1.39 bits per heavy atom. The molecule has 1 rings (SSSR count). The van der Waals surface area contributed by atoms with Crippen LogP contribution in [0.4, 0.5) is 4.79 Å². The van der Waals surface area contributed by atoms with E-state index in [9.17, 15) is 4.79 Å². The van der Waals surface area contributed by atoms with E-state index >= 15 is 0 Å². The summed E-state index contributed by atoms with van der Waals surface area (Å²) in [6.07, 6.45) is 4.86. The largest absolute Gasteiger partial charge is 0.346 e. The van der Waals surface area contributed by atoms with Crippen LogP contribution in [0.1, 0.15) is 40.0 Å². The number of thioether (sulfide) groups is 1. The standard InChI is InChI=1S/C12H22N4OS/c1-4-7-8-9-15(5-2)12(17)16-10-13-11(14-16)18-6-3/h10H,4-9H2,1-3H3. The van der Waals surface area contributed by atoms with Crippen LogP contribution in [-0.4, -0.2) is 44.5 Å². The molecule has 5 nitrogen and oxygen atoms in total. The monoisotopic (exact) mass is 270 g/mol. The van der Waals surface area contributed by atoms with E-state index in [0.717, 1.165) is 31.6 Å². The van der Waals surface area contributed by atoms with Gasteiger partial charge < -0.3 is 4.90 Å². The van der Waals surface area contributed by atoms with E-state index in [0.29, 0.717) is 11.7 Å². The number of nitrogens with zero attached hydrogens (tertiary/aromatic N) is 4. The van der Waals surface area contributed by atoms with Crippen LogP contribution in [0.3, 0.4) is 0 Å².